The summed E-state index contributed by atoms with van der Waals surface area (Å²) in [5, 5.41) is -1.02. The number of benzene rings is 2. The highest BCUT2D eigenvalue weighted by Crippen LogP contribution is 2.31. The second kappa shape index (κ2) is 13.4. The molecular weight excluding hydrogens is 591 g/mol. The average Bonchev–Trinajstić information content (AvgIpc) is 2.80. The number of halogens is 3. The van der Waals surface area contributed by atoms with Crippen molar-refractivity contribution in [2.24, 2.45) is 0 Å². The van der Waals surface area contributed by atoms with Gasteiger partial charge in [-0.05, 0) is 48.7 Å². The molecule has 0 radical (unpaired) electrons. The van der Waals surface area contributed by atoms with Gasteiger partial charge < -0.3 is 14.2 Å². The zero-order valence-electron chi connectivity index (χ0n) is 20.2. The Kier molecular flexibility index (Phi) is 11.4. The lowest BCUT2D eigenvalue weighted by atomic mass is 10.1. The third-order valence-electron chi connectivity index (χ3n) is 5.18. The fourth-order valence-electron chi connectivity index (χ4n) is 3.46. The molecule has 0 amide bonds. The SMILES string of the molecule is COCc1c(S(C)(=O)=O)ccc(C(=O)OCCCCS(=O)(=O)c2ccc(C(=O)Cl)c(Cl)c2COC)c1Cl. The molecule has 0 saturated heterocycles. The Balaban J connectivity index is 2.08. The summed E-state index contributed by atoms with van der Waals surface area (Å²) in [6.07, 6.45) is 1.37. The van der Waals surface area contributed by atoms with Gasteiger partial charge in [0.1, 0.15) is 0 Å². The van der Waals surface area contributed by atoms with Crippen LogP contribution >= 0.6 is 34.8 Å². The molecule has 0 atom stereocenters. The van der Waals surface area contributed by atoms with Gasteiger partial charge in [-0.3, -0.25) is 4.79 Å². The highest BCUT2D eigenvalue weighted by Gasteiger charge is 2.25. The van der Waals surface area contributed by atoms with Crippen molar-refractivity contribution in [2.45, 2.75) is 35.8 Å². The molecule has 2 rings (SSSR count). The third-order valence-corrected chi connectivity index (χ3v) is 9.31. The van der Waals surface area contributed by atoms with Crippen LogP contribution in [0.5, 0.6) is 0 Å². The van der Waals surface area contributed by atoms with Gasteiger partial charge in [0.15, 0.2) is 19.7 Å². The zero-order valence-corrected chi connectivity index (χ0v) is 24.1. The van der Waals surface area contributed by atoms with Crippen LogP contribution in [0, 0.1) is 0 Å². The van der Waals surface area contributed by atoms with Crippen LogP contribution in [0.3, 0.4) is 0 Å². The highest BCUT2D eigenvalue weighted by atomic mass is 35.5. The molecule has 9 nitrogen and oxygen atoms in total. The highest BCUT2D eigenvalue weighted by molar-refractivity contribution is 7.91. The molecular formula is C23H25Cl3O9S2. The van der Waals surface area contributed by atoms with E-state index in [9.17, 15) is 26.4 Å². The van der Waals surface area contributed by atoms with E-state index in [0.717, 1.165) is 6.26 Å². The third kappa shape index (κ3) is 7.89. The Hall–Kier alpha value is -1.73. The quantitative estimate of drug-likeness (QED) is 0.182. The van der Waals surface area contributed by atoms with Gasteiger partial charge in [0, 0.05) is 31.6 Å². The van der Waals surface area contributed by atoms with E-state index in [1.807, 2.05) is 0 Å². The molecule has 0 aliphatic rings. The summed E-state index contributed by atoms with van der Waals surface area (Å²) in [5.41, 5.74) is 0.195. The second-order valence-corrected chi connectivity index (χ2v) is 13.0. The van der Waals surface area contributed by atoms with E-state index >= 15 is 0 Å². The van der Waals surface area contributed by atoms with E-state index in [-0.39, 0.29) is 80.5 Å². The van der Waals surface area contributed by atoms with Crippen molar-refractivity contribution in [1.29, 1.82) is 0 Å². The van der Waals surface area contributed by atoms with E-state index in [4.69, 9.17) is 49.0 Å². The van der Waals surface area contributed by atoms with Crippen LogP contribution in [0.2, 0.25) is 10.0 Å². The van der Waals surface area contributed by atoms with Crippen molar-refractivity contribution in [3.8, 4) is 0 Å². The van der Waals surface area contributed by atoms with Crippen LogP contribution in [-0.4, -0.2) is 60.9 Å². The number of esters is 1. The number of methoxy groups -OCH3 is 2. The van der Waals surface area contributed by atoms with Crippen LogP contribution in [0.4, 0.5) is 0 Å². The van der Waals surface area contributed by atoms with Crippen molar-refractivity contribution in [3.63, 3.8) is 0 Å². The molecule has 204 valence electrons. The van der Waals surface area contributed by atoms with E-state index in [1.165, 1.54) is 38.5 Å². The molecule has 0 spiro atoms. The summed E-state index contributed by atoms with van der Waals surface area (Å²) in [6.45, 7) is -0.383. The Morgan fingerprint density at radius 3 is 1.86 bits per heavy atom. The minimum Gasteiger partial charge on any atom is -0.462 e. The Labute approximate surface area is 230 Å². The minimum absolute atomic E-state index is 0.0295. The van der Waals surface area contributed by atoms with E-state index < -0.39 is 30.9 Å². The van der Waals surface area contributed by atoms with Crippen LogP contribution in [-0.2, 0) is 47.1 Å². The first-order valence-corrected chi connectivity index (χ1v) is 15.3. The summed E-state index contributed by atoms with van der Waals surface area (Å²) in [7, 11) is -4.71. The molecule has 14 heteroatoms. The molecule has 0 unspecified atom stereocenters. The molecule has 0 aliphatic heterocycles. The van der Waals surface area contributed by atoms with Crippen molar-refractivity contribution < 1.29 is 40.6 Å². The lowest BCUT2D eigenvalue weighted by Crippen LogP contribution is -2.14. The Bertz CT molecular complexity index is 1390. The number of rotatable bonds is 13. The maximum atomic E-state index is 12.9. The van der Waals surface area contributed by atoms with Crippen molar-refractivity contribution >= 4 is 65.7 Å². The number of carbonyl (C=O) groups excluding carboxylic acids is 2. The van der Waals surface area contributed by atoms with Gasteiger partial charge in [0.25, 0.3) is 5.24 Å². The molecule has 0 aliphatic carbocycles. The largest absolute Gasteiger partial charge is 0.462 e. The van der Waals surface area contributed by atoms with Crippen LogP contribution in [0.25, 0.3) is 0 Å². The van der Waals surface area contributed by atoms with Gasteiger partial charge >= 0.3 is 5.97 Å². The van der Waals surface area contributed by atoms with Gasteiger partial charge in [-0.1, -0.05) is 23.2 Å². The van der Waals surface area contributed by atoms with Gasteiger partial charge in [-0.15, -0.1) is 0 Å². The van der Waals surface area contributed by atoms with Crippen molar-refractivity contribution in [3.05, 3.63) is 56.6 Å². The molecule has 37 heavy (non-hydrogen) atoms. The molecule has 0 N–H and O–H groups in total. The van der Waals surface area contributed by atoms with E-state index in [0.29, 0.717) is 0 Å². The van der Waals surface area contributed by atoms with Crippen molar-refractivity contribution in [1.82, 2.24) is 0 Å². The van der Waals surface area contributed by atoms with Crippen molar-refractivity contribution in [2.75, 3.05) is 32.8 Å². The predicted octanol–water partition coefficient (Wildman–Crippen LogP) is 4.48. The predicted molar refractivity (Wildman–Crippen MR) is 139 cm³/mol. The van der Waals surface area contributed by atoms with Gasteiger partial charge in [-0.25, -0.2) is 21.6 Å². The standard InChI is InChI=1S/C23H25Cl3O9S2/c1-33-12-16-18(36(3,29)30)8-7-15(21(16)25)23(28)35-10-4-5-11-37(31,32)19-9-6-14(22(26)27)20(24)17(19)13-34-2/h6-9H,4-5,10-13H2,1-3H3. The first-order valence-electron chi connectivity index (χ1n) is 10.7. The van der Waals surface area contributed by atoms with Crippen LogP contribution in [0.15, 0.2) is 34.1 Å². The monoisotopic (exact) mass is 614 g/mol. The molecule has 0 bridgehead atoms. The van der Waals surface area contributed by atoms with Gasteiger partial charge in [0.2, 0.25) is 0 Å². The molecule has 0 aromatic heterocycles. The van der Waals surface area contributed by atoms with Gasteiger partial charge in [0.05, 0.1) is 56.5 Å². The summed E-state index contributed by atoms with van der Waals surface area (Å²) in [6, 6.07) is 5.00. The number of ether oxygens (including phenoxy) is 3. The number of unbranched alkanes of at least 4 members (excludes halogenated alkanes) is 1. The molecule has 0 fully saturated rings. The molecule has 2 aromatic rings. The molecule has 0 heterocycles. The summed E-state index contributed by atoms with van der Waals surface area (Å²) >= 11 is 18.0. The molecule has 2 aromatic carbocycles. The van der Waals surface area contributed by atoms with E-state index in [1.54, 1.807) is 0 Å². The maximum absolute atomic E-state index is 12.9. The average molecular weight is 616 g/mol. The fourth-order valence-corrected chi connectivity index (χ4v) is 6.92. The second-order valence-electron chi connectivity index (χ2n) is 7.88. The molecule has 0 saturated carbocycles. The number of sulfone groups is 2. The number of carbonyl (C=O) groups is 2. The normalized spacial score (nSPS) is 11.9. The minimum atomic E-state index is -3.82. The first kappa shape index (κ1) is 31.5. The maximum Gasteiger partial charge on any atom is 0.339 e. The Morgan fingerprint density at radius 2 is 1.32 bits per heavy atom. The lowest BCUT2D eigenvalue weighted by molar-refractivity contribution is 0.0499. The van der Waals surface area contributed by atoms with E-state index in [2.05, 4.69) is 0 Å². The van der Waals surface area contributed by atoms with Gasteiger partial charge in [-0.2, -0.15) is 0 Å². The number of hydrogen-bond acceptors (Lipinski definition) is 9. The topological polar surface area (TPSA) is 130 Å². The summed E-state index contributed by atoms with van der Waals surface area (Å²) in [5.74, 6) is -1.08. The fraction of sp³-hybridized carbons (Fsp3) is 0.391. The summed E-state index contributed by atoms with van der Waals surface area (Å²) < 4.78 is 65.1. The van der Waals surface area contributed by atoms with Crippen LogP contribution < -0.4 is 0 Å². The smallest absolute Gasteiger partial charge is 0.339 e. The number of hydrogen-bond donors (Lipinski definition) is 0. The lowest BCUT2D eigenvalue weighted by Gasteiger charge is -2.14. The van der Waals surface area contributed by atoms with Crippen LogP contribution in [0.1, 0.15) is 44.7 Å². The summed E-state index contributed by atoms with van der Waals surface area (Å²) in [4.78, 5) is 23.9. The Morgan fingerprint density at radius 1 is 0.811 bits per heavy atom. The zero-order chi connectivity index (χ0) is 28.0. The first-order chi connectivity index (χ1) is 17.3.